The van der Waals surface area contributed by atoms with E-state index >= 15 is 0 Å². The molecular weight excluding hydrogens is 420 g/mol. The number of halogens is 1. The van der Waals surface area contributed by atoms with Crippen molar-refractivity contribution in [2.75, 3.05) is 5.32 Å². The maximum Gasteiger partial charge on any atom is 0.293 e. The number of furan rings is 1. The van der Waals surface area contributed by atoms with E-state index in [0.29, 0.717) is 22.3 Å². The molecule has 0 atom stereocenters. The number of rotatable bonds is 7. The Morgan fingerprint density at radius 1 is 1.13 bits per heavy atom. The average molecular weight is 439 g/mol. The minimum absolute atomic E-state index is 0.209. The Balaban J connectivity index is 1.34. The molecule has 152 valence electrons. The third kappa shape index (κ3) is 5.09. The van der Waals surface area contributed by atoms with Crippen LogP contribution in [-0.2, 0) is 13.0 Å². The molecule has 0 aliphatic rings. The fourth-order valence-electron chi connectivity index (χ4n) is 2.80. The van der Waals surface area contributed by atoms with Gasteiger partial charge < -0.3 is 9.15 Å². The van der Waals surface area contributed by atoms with E-state index in [9.17, 15) is 4.79 Å². The lowest BCUT2D eigenvalue weighted by molar-refractivity contribution is 0.0992. The van der Waals surface area contributed by atoms with Crippen LogP contribution in [0, 0.1) is 6.92 Å². The summed E-state index contributed by atoms with van der Waals surface area (Å²) in [5, 5.41) is 4.00. The lowest BCUT2D eigenvalue weighted by Gasteiger charge is -2.04. The van der Waals surface area contributed by atoms with Gasteiger partial charge in [0.2, 0.25) is 0 Å². The highest BCUT2D eigenvalue weighted by molar-refractivity contribution is 7.15. The first-order chi connectivity index (χ1) is 14.6. The fourth-order valence-corrected chi connectivity index (χ4v) is 3.83. The number of thiazole rings is 1. The zero-order valence-corrected chi connectivity index (χ0v) is 17.8. The maximum atomic E-state index is 12.5. The van der Waals surface area contributed by atoms with E-state index in [4.69, 9.17) is 20.8 Å². The van der Waals surface area contributed by atoms with Gasteiger partial charge in [0.1, 0.15) is 18.1 Å². The molecule has 2 aromatic heterocycles. The van der Waals surface area contributed by atoms with Crippen LogP contribution in [0.5, 0.6) is 5.75 Å². The number of amides is 1. The van der Waals surface area contributed by atoms with Gasteiger partial charge in [-0.25, -0.2) is 4.98 Å². The van der Waals surface area contributed by atoms with Gasteiger partial charge in [0.05, 0.1) is 0 Å². The van der Waals surface area contributed by atoms with Gasteiger partial charge in [-0.3, -0.25) is 10.1 Å². The Bertz CT molecular complexity index is 1150. The van der Waals surface area contributed by atoms with Gasteiger partial charge in [0.25, 0.3) is 5.91 Å². The first-order valence-electron chi connectivity index (χ1n) is 9.34. The monoisotopic (exact) mass is 438 g/mol. The van der Waals surface area contributed by atoms with Crippen molar-refractivity contribution in [3.8, 4) is 5.75 Å². The Hall–Kier alpha value is -3.09. The molecule has 0 saturated heterocycles. The normalized spacial score (nSPS) is 10.7. The van der Waals surface area contributed by atoms with E-state index in [2.05, 4.69) is 10.3 Å². The van der Waals surface area contributed by atoms with E-state index in [-0.39, 0.29) is 18.3 Å². The summed E-state index contributed by atoms with van der Waals surface area (Å²) in [4.78, 5) is 17.7. The molecule has 7 heteroatoms. The molecule has 0 bridgehead atoms. The summed E-state index contributed by atoms with van der Waals surface area (Å²) in [5.74, 6) is 1.17. The quantitative estimate of drug-likeness (QED) is 0.377. The summed E-state index contributed by atoms with van der Waals surface area (Å²) in [7, 11) is 0. The Labute approximate surface area is 183 Å². The Morgan fingerprint density at radius 2 is 1.93 bits per heavy atom. The Morgan fingerprint density at radius 3 is 2.73 bits per heavy atom. The number of ether oxygens (including phenoxy) is 1. The summed E-state index contributed by atoms with van der Waals surface area (Å²) in [6.45, 7) is 2.26. The van der Waals surface area contributed by atoms with Crippen LogP contribution >= 0.6 is 22.9 Å². The van der Waals surface area contributed by atoms with E-state index < -0.39 is 0 Å². The molecule has 0 aliphatic heterocycles. The topological polar surface area (TPSA) is 64.4 Å². The number of nitrogens with zero attached hydrogens (tertiary/aromatic N) is 1. The zero-order chi connectivity index (χ0) is 20.9. The van der Waals surface area contributed by atoms with Crippen molar-refractivity contribution in [3.63, 3.8) is 0 Å². The van der Waals surface area contributed by atoms with E-state index in [1.807, 2.05) is 55.5 Å². The number of anilines is 1. The molecule has 2 heterocycles. The Kier molecular flexibility index (Phi) is 6.16. The molecule has 1 amide bonds. The highest BCUT2D eigenvalue weighted by atomic mass is 35.5. The van der Waals surface area contributed by atoms with Crippen LogP contribution in [0.2, 0.25) is 5.02 Å². The molecule has 5 nitrogen and oxygen atoms in total. The number of aromatic nitrogens is 1. The van der Waals surface area contributed by atoms with Crippen molar-refractivity contribution in [2.45, 2.75) is 20.0 Å². The molecule has 0 radical (unpaired) electrons. The van der Waals surface area contributed by atoms with Gasteiger partial charge in [-0.05, 0) is 42.8 Å². The van der Waals surface area contributed by atoms with E-state index in [0.717, 1.165) is 21.8 Å². The van der Waals surface area contributed by atoms with Crippen LogP contribution in [0.4, 0.5) is 5.13 Å². The van der Waals surface area contributed by atoms with Crippen LogP contribution in [0.1, 0.15) is 32.3 Å². The fraction of sp³-hybridized carbons (Fsp3) is 0.130. The van der Waals surface area contributed by atoms with Crippen molar-refractivity contribution in [3.05, 3.63) is 99.4 Å². The first kappa shape index (κ1) is 20.2. The highest BCUT2D eigenvalue weighted by Gasteiger charge is 2.14. The second-order valence-electron chi connectivity index (χ2n) is 6.72. The maximum absolute atomic E-state index is 12.5. The predicted octanol–water partition coefficient (Wildman–Crippen LogP) is 6.12. The molecule has 4 aromatic rings. The van der Waals surface area contributed by atoms with E-state index in [1.54, 1.807) is 18.3 Å². The molecule has 1 N–H and O–H groups in total. The molecule has 0 fully saturated rings. The molecular formula is C23H19ClN2O3S. The average Bonchev–Trinajstić information content (AvgIpc) is 3.39. The second kappa shape index (κ2) is 9.15. The number of hydrogen-bond acceptors (Lipinski definition) is 5. The first-order valence-corrected chi connectivity index (χ1v) is 10.5. The smallest absolute Gasteiger partial charge is 0.293 e. The SMILES string of the molecule is Cc1ccc(OCc2ccc(C(=O)Nc3ncc(Cc4ccccc4Cl)s3)o2)cc1. The van der Waals surface area contributed by atoms with Crippen molar-refractivity contribution >= 4 is 34.0 Å². The van der Waals surface area contributed by atoms with Gasteiger partial charge in [-0.1, -0.05) is 47.5 Å². The van der Waals surface area contributed by atoms with Crippen molar-refractivity contribution in [2.24, 2.45) is 0 Å². The number of benzene rings is 2. The van der Waals surface area contributed by atoms with E-state index in [1.165, 1.54) is 11.3 Å². The summed E-state index contributed by atoms with van der Waals surface area (Å²) in [6.07, 6.45) is 2.40. The number of nitrogens with one attached hydrogen (secondary N) is 1. The molecule has 0 spiro atoms. The van der Waals surface area contributed by atoms with Crippen LogP contribution < -0.4 is 10.1 Å². The molecule has 4 rings (SSSR count). The zero-order valence-electron chi connectivity index (χ0n) is 16.2. The molecule has 30 heavy (non-hydrogen) atoms. The van der Waals surface area contributed by atoms with Crippen LogP contribution in [-0.4, -0.2) is 10.9 Å². The lowest BCUT2D eigenvalue weighted by Crippen LogP contribution is -2.10. The summed E-state index contributed by atoms with van der Waals surface area (Å²) in [5.41, 5.74) is 2.18. The van der Waals surface area contributed by atoms with Crippen molar-refractivity contribution in [1.29, 1.82) is 0 Å². The summed E-state index contributed by atoms with van der Waals surface area (Å²) in [6, 6.07) is 18.8. The number of carbonyl (C=O) groups is 1. The van der Waals surface area contributed by atoms with Crippen LogP contribution in [0.15, 0.2) is 71.3 Å². The minimum Gasteiger partial charge on any atom is -0.486 e. The third-order valence-electron chi connectivity index (χ3n) is 4.38. The largest absolute Gasteiger partial charge is 0.486 e. The molecule has 0 unspecified atom stereocenters. The van der Waals surface area contributed by atoms with Gasteiger partial charge in [-0.15, -0.1) is 11.3 Å². The molecule has 0 aliphatic carbocycles. The third-order valence-corrected chi connectivity index (χ3v) is 5.67. The molecule has 2 aromatic carbocycles. The van der Waals surface area contributed by atoms with Gasteiger partial charge >= 0.3 is 0 Å². The number of hydrogen-bond donors (Lipinski definition) is 1. The number of carbonyl (C=O) groups excluding carboxylic acids is 1. The van der Waals surface area contributed by atoms with Crippen molar-refractivity contribution < 1.29 is 13.9 Å². The van der Waals surface area contributed by atoms with Crippen LogP contribution in [0.3, 0.4) is 0 Å². The highest BCUT2D eigenvalue weighted by Crippen LogP contribution is 2.25. The summed E-state index contributed by atoms with van der Waals surface area (Å²) < 4.78 is 11.3. The van der Waals surface area contributed by atoms with Gasteiger partial charge in [-0.2, -0.15) is 0 Å². The van der Waals surface area contributed by atoms with Gasteiger partial charge in [0, 0.05) is 22.5 Å². The standard InChI is InChI=1S/C23H19ClN2O3S/c1-15-6-8-17(9-7-15)28-14-18-10-11-21(29-18)22(27)26-23-25-13-19(30-23)12-16-4-2-3-5-20(16)24/h2-11,13H,12,14H2,1H3,(H,25,26,27). The second-order valence-corrected chi connectivity index (χ2v) is 8.24. The predicted molar refractivity (Wildman–Crippen MR) is 119 cm³/mol. The minimum atomic E-state index is -0.352. The van der Waals surface area contributed by atoms with Crippen LogP contribution in [0.25, 0.3) is 0 Å². The lowest BCUT2D eigenvalue weighted by atomic mass is 10.1. The van der Waals surface area contributed by atoms with Gasteiger partial charge in [0.15, 0.2) is 10.9 Å². The van der Waals surface area contributed by atoms with Crippen molar-refractivity contribution in [1.82, 2.24) is 4.98 Å². The number of aryl methyl sites for hydroxylation is 1. The summed E-state index contributed by atoms with van der Waals surface area (Å²) >= 11 is 7.62. The molecule has 0 saturated carbocycles.